The lowest BCUT2D eigenvalue weighted by Gasteiger charge is -2.23. The highest BCUT2D eigenvalue weighted by molar-refractivity contribution is 5.78. The molecule has 0 unspecified atom stereocenters. The maximum Gasteiger partial charge on any atom is 0.219 e. The summed E-state index contributed by atoms with van der Waals surface area (Å²) in [7, 11) is 1.67. The number of fused-ring (bicyclic) bond motifs is 1. The van der Waals surface area contributed by atoms with Crippen molar-refractivity contribution in [1.82, 2.24) is 9.97 Å². The monoisotopic (exact) mass is 399 g/mol. The van der Waals surface area contributed by atoms with Crippen LogP contribution in [-0.2, 0) is 0 Å². The van der Waals surface area contributed by atoms with E-state index in [0.29, 0.717) is 5.88 Å². The molecule has 0 spiro atoms. The molecule has 4 rings (SSSR count). The molecule has 0 amide bonds. The molecule has 0 radical (unpaired) electrons. The third-order valence-electron chi connectivity index (χ3n) is 5.17. The summed E-state index contributed by atoms with van der Waals surface area (Å²) in [5.74, 6) is 2.14. The Labute approximate surface area is 176 Å². The molecule has 4 aromatic rings. The number of aromatic nitrogens is 2. The minimum Gasteiger partial charge on any atom is -0.497 e. The SMILES string of the molecule is CCN(CC)c1ccc(Oc2ccc3cnccc3n2)c(-c2ccc(OC)cc2)c1. The van der Waals surface area contributed by atoms with Crippen molar-refractivity contribution in [2.45, 2.75) is 13.8 Å². The smallest absolute Gasteiger partial charge is 0.219 e. The van der Waals surface area contributed by atoms with Crippen molar-refractivity contribution in [2.75, 3.05) is 25.1 Å². The quantitative estimate of drug-likeness (QED) is 0.385. The highest BCUT2D eigenvalue weighted by Crippen LogP contribution is 2.37. The second kappa shape index (κ2) is 8.82. The Kier molecular flexibility index (Phi) is 5.80. The lowest BCUT2D eigenvalue weighted by Crippen LogP contribution is -2.21. The van der Waals surface area contributed by atoms with Gasteiger partial charge in [0.15, 0.2) is 0 Å². The van der Waals surface area contributed by atoms with E-state index in [1.54, 1.807) is 19.5 Å². The number of rotatable bonds is 7. The topological polar surface area (TPSA) is 47.5 Å². The van der Waals surface area contributed by atoms with Crippen molar-refractivity contribution in [3.05, 3.63) is 73.1 Å². The molecule has 0 aliphatic rings. The first-order chi connectivity index (χ1) is 14.7. The average molecular weight is 399 g/mol. The van der Waals surface area contributed by atoms with Gasteiger partial charge in [0.25, 0.3) is 0 Å². The van der Waals surface area contributed by atoms with Gasteiger partial charge in [0, 0.05) is 48.2 Å². The first-order valence-corrected chi connectivity index (χ1v) is 10.1. The van der Waals surface area contributed by atoms with Gasteiger partial charge in [-0.15, -0.1) is 0 Å². The number of anilines is 1. The van der Waals surface area contributed by atoms with Gasteiger partial charge in [-0.05, 0) is 61.9 Å². The van der Waals surface area contributed by atoms with Gasteiger partial charge in [-0.3, -0.25) is 4.98 Å². The summed E-state index contributed by atoms with van der Waals surface area (Å²) in [5, 5.41) is 0.983. The molecular formula is C25H25N3O2. The summed E-state index contributed by atoms with van der Waals surface area (Å²) in [6.07, 6.45) is 3.54. The van der Waals surface area contributed by atoms with Gasteiger partial charge >= 0.3 is 0 Å². The number of hydrogen-bond donors (Lipinski definition) is 0. The lowest BCUT2D eigenvalue weighted by molar-refractivity contribution is 0.415. The van der Waals surface area contributed by atoms with Crippen LogP contribution >= 0.6 is 0 Å². The normalized spacial score (nSPS) is 10.8. The van der Waals surface area contributed by atoms with E-state index in [1.165, 1.54) is 0 Å². The van der Waals surface area contributed by atoms with Crippen LogP contribution < -0.4 is 14.4 Å². The molecule has 0 aliphatic carbocycles. The van der Waals surface area contributed by atoms with Crippen LogP contribution in [0.3, 0.4) is 0 Å². The molecule has 5 nitrogen and oxygen atoms in total. The van der Waals surface area contributed by atoms with E-state index in [2.05, 4.69) is 40.8 Å². The summed E-state index contributed by atoms with van der Waals surface area (Å²) < 4.78 is 11.6. The highest BCUT2D eigenvalue weighted by atomic mass is 16.5. The van der Waals surface area contributed by atoms with Crippen LogP contribution in [0, 0.1) is 0 Å². The first kappa shape index (κ1) is 19.7. The minimum atomic E-state index is 0.555. The van der Waals surface area contributed by atoms with Gasteiger partial charge in [-0.25, -0.2) is 4.98 Å². The van der Waals surface area contributed by atoms with Crippen molar-refractivity contribution < 1.29 is 9.47 Å². The van der Waals surface area contributed by atoms with E-state index in [1.807, 2.05) is 48.5 Å². The van der Waals surface area contributed by atoms with Gasteiger partial charge in [0.05, 0.1) is 12.6 Å². The summed E-state index contributed by atoms with van der Waals surface area (Å²) >= 11 is 0. The Bertz CT molecular complexity index is 1140. The molecule has 0 atom stereocenters. The predicted molar refractivity (Wildman–Crippen MR) is 122 cm³/mol. The molecule has 2 aromatic heterocycles. The molecule has 0 fully saturated rings. The molecule has 0 aliphatic heterocycles. The largest absolute Gasteiger partial charge is 0.497 e. The van der Waals surface area contributed by atoms with Crippen LogP contribution in [0.2, 0.25) is 0 Å². The Hall–Kier alpha value is -3.60. The van der Waals surface area contributed by atoms with Gasteiger partial charge < -0.3 is 14.4 Å². The number of pyridine rings is 2. The van der Waals surface area contributed by atoms with Crippen LogP contribution in [0.1, 0.15) is 13.8 Å². The van der Waals surface area contributed by atoms with E-state index in [-0.39, 0.29) is 0 Å². The summed E-state index contributed by atoms with van der Waals surface area (Å²) in [5.41, 5.74) is 4.09. The molecule has 2 aromatic carbocycles. The van der Waals surface area contributed by atoms with Gasteiger partial charge in [0.2, 0.25) is 5.88 Å². The summed E-state index contributed by atoms with van der Waals surface area (Å²) in [6, 6.07) is 20.0. The number of nitrogens with zero attached hydrogens (tertiary/aromatic N) is 3. The fourth-order valence-corrected chi connectivity index (χ4v) is 3.50. The summed E-state index contributed by atoms with van der Waals surface area (Å²) in [4.78, 5) is 11.1. The standard InChI is InChI=1S/C25H25N3O2/c1-4-28(5-2)20-9-12-24(22(16-20)18-6-10-21(29-3)11-7-18)30-25-13-8-19-17-26-15-14-23(19)27-25/h6-17H,4-5H2,1-3H3. The van der Waals surface area contributed by atoms with Crippen LogP contribution in [0.15, 0.2) is 73.1 Å². The number of methoxy groups -OCH3 is 1. The Morgan fingerprint density at radius 2 is 1.70 bits per heavy atom. The zero-order chi connectivity index (χ0) is 20.9. The maximum atomic E-state index is 6.25. The lowest BCUT2D eigenvalue weighted by atomic mass is 10.0. The summed E-state index contributed by atoms with van der Waals surface area (Å²) in [6.45, 7) is 6.21. The van der Waals surface area contributed by atoms with Gasteiger partial charge in [0.1, 0.15) is 11.5 Å². The predicted octanol–water partition coefficient (Wildman–Crippen LogP) is 5.94. The third-order valence-corrected chi connectivity index (χ3v) is 5.17. The molecule has 0 N–H and O–H groups in total. The maximum absolute atomic E-state index is 6.25. The second-order valence-electron chi connectivity index (χ2n) is 6.90. The van der Waals surface area contributed by atoms with E-state index in [0.717, 1.165) is 52.3 Å². The molecule has 0 saturated heterocycles. The average Bonchev–Trinajstić information content (AvgIpc) is 2.80. The third kappa shape index (κ3) is 4.06. The Morgan fingerprint density at radius 3 is 2.43 bits per heavy atom. The van der Waals surface area contributed by atoms with Crippen molar-refractivity contribution in [2.24, 2.45) is 0 Å². The van der Waals surface area contributed by atoms with Crippen molar-refractivity contribution in [1.29, 1.82) is 0 Å². The molecular weight excluding hydrogens is 374 g/mol. The minimum absolute atomic E-state index is 0.555. The molecule has 5 heteroatoms. The first-order valence-electron chi connectivity index (χ1n) is 10.1. The molecule has 2 heterocycles. The van der Waals surface area contributed by atoms with Crippen LogP contribution in [0.5, 0.6) is 17.4 Å². The van der Waals surface area contributed by atoms with Crippen molar-refractivity contribution in [3.63, 3.8) is 0 Å². The van der Waals surface area contributed by atoms with E-state index < -0.39 is 0 Å². The molecule has 0 bridgehead atoms. The molecule has 30 heavy (non-hydrogen) atoms. The fourth-order valence-electron chi connectivity index (χ4n) is 3.50. The molecule has 0 saturated carbocycles. The van der Waals surface area contributed by atoms with Crippen LogP contribution in [0.4, 0.5) is 5.69 Å². The highest BCUT2D eigenvalue weighted by Gasteiger charge is 2.13. The molecule has 152 valence electrons. The zero-order valence-electron chi connectivity index (χ0n) is 17.5. The van der Waals surface area contributed by atoms with Crippen molar-refractivity contribution in [3.8, 4) is 28.5 Å². The van der Waals surface area contributed by atoms with Crippen LogP contribution in [-0.4, -0.2) is 30.2 Å². The van der Waals surface area contributed by atoms with Gasteiger partial charge in [-0.1, -0.05) is 12.1 Å². The Balaban J connectivity index is 1.76. The van der Waals surface area contributed by atoms with Crippen molar-refractivity contribution >= 4 is 16.6 Å². The number of benzene rings is 2. The number of hydrogen-bond acceptors (Lipinski definition) is 5. The van der Waals surface area contributed by atoms with E-state index in [9.17, 15) is 0 Å². The second-order valence-corrected chi connectivity index (χ2v) is 6.90. The number of ether oxygens (including phenoxy) is 2. The fraction of sp³-hybridized carbons (Fsp3) is 0.200. The van der Waals surface area contributed by atoms with Gasteiger partial charge in [-0.2, -0.15) is 0 Å². The van der Waals surface area contributed by atoms with E-state index in [4.69, 9.17) is 9.47 Å². The van der Waals surface area contributed by atoms with E-state index >= 15 is 0 Å². The van der Waals surface area contributed by atoms with Crippen LogP contribution in [0.25, 0.3) is 22.0 Å². The zero-order valence-corrected chi connectivity index (χ0v) is 17.5. The Morgan fingerprint density at radius 1 is 0.900 bits per heavy atom.